The van der Waals surface area contributed by atoms with Crippen molar-refractivity contribution in [3.05, 3.63) is 67.5 Å². The SMILES string of the molecule is CCC(Nc1ccc(F)cc1I)c1cccc([N+](=O)[O-])c1. The van der Waals surface area contributed by atoms with Gasteiger partial charge in [0.1, 0.15) is 5.82 Å². The molecule has 0 radical (unpaired) electrons. The van der Waals surface area contributed by atoms with Gasteiger partial charge in [-0.1, -0.05) is 19.1 Å². The minimum absolute atomic E-state index is 0.0659. The molecule has 0 aliphatic heterocycles. The molecule has 0 aliphatic rings. The van der Waals surface area contributed by atoms with Crippen molar-refractivity contribution in [2.45, 2.75) is 19.4 Å². The minimum atomic E-state index is -0.405. The second kappa shape index (κ2) is 6.84. The molecule has 2 aromatic rings. The molecular formula is C15H14FIN2O2. The molecule has 6 heteroatoms. The van der Waals surface area contributed by atoms with Crippen molar-refractivity contribution in [2.75, 3.05) is 5.32 Å². The number of hydrogen-bond donors (Lipinski definition) is 1. The molecular weight excluding hydrogens is 386 g/mol. The van der Waals surface area contributed by atoms with E-state index in [-0.39, 0.29) is 17.5 Å². The monoisotopic (exact) mass is 400 g/mol. The van der Waals surface area contributed by atoms with E-state index < -0.39 is 4.92 Å². The zero-order valence-corrected chi connectivity index (χ0v) is 13.5. The number of nitrogens with zero attached hydrogens (tertiary/aromatic N) is 1. The molecule has 0 bridgehead atoms. The van der Waals surface area contributed by atoms with Gasteiger partial charge in [-0.25, -0.2) is 4.39 Å². The molecule has 4 nitrogen and oxygen atoms in total. The molecule has 0 aliphatic carbocycles. The molecule has 0 aromatic heterocycles. The summed E-state index contributed by atoms with van der Waals surface area (Å²) in [4.78, 5) is 10.5. The van der Waals surface area contributed by atoms with Gasteiger partial charge in [0.2, 0.25) is 0 Å². The van der Waals surface area contributed by atoms with Crippen LogP contribution in [-0.2, 0) is 0 Å². The van der Waals surface area contributed by atoms with Gasteiger partial charge in [0.15, 0.2) is 0 Å². The normalized spacial score (nSPS) is 12.0. The zero-order valence-electron chi connectivity index (χ0n) is 11.3. The van der Waals surface area contributed by atoms with E-state index in [2.05, 4.69) is 27.9 Å². The van der Waals surface area contributed by atoms with Crippen molar-refractivity contribution in [1.29, 1.82) is 0 Å². The van der Waals surface area contributed by atoms with Gasteiger partial charge in [-0.2, -0.15) is 0 Å². The first-order valence-electron chi connectivity index (χ1n) is 6.47. The number of hydrogen-bond acceptors (Lipinski definition) is 3. The van der Waals surface area contributed by atoms with E-state index in [0.29, 0.717) is 0 Å². The Morgan fingerprint density at radius 1 is 1.33 bits per heavy atom. The zero-order chi connectivity index (χ0) is 15.4. The first-order chi connectivity index (χ1) is 10.0. The van der Waals surface area contributed by atoms with Crippen LogP contribution in [0.5, 0.6) is 0 Å². The van der Waals surface area contributed by atoms with Crippen molar-refractivity contribution in [3.63, 3.8) is 0 Å². The van der Waals surface area contributed by atoms with E-state index in [9.17, 15) is 14.5 Å². The van der Waals surface area contributed by atoms with E-state index in [1.165, 1.54) is 18.2 Å². The fourth-order valence-electron chi connectivity index (χ4n) is 2.07. The summed E-state index contributed by atoms with van der Waals surface area (Å²) in [5, 5.41) is 14.2. The summed E-state index contributed by atoms with van der Waals surface area (Å²) in [5.41, 5.74) is 1.73. The number of halogens is 2. The molecule has 0 heterocycles. The summed E-state index contributed by atoms with van der Waals surface area (Å²) in [6.45, 7) is 1.99. The summed E-state index contributed by atoms with van der Waals surface area (Å²) in [5.74, 6) is -0.284. The highest BCUT2D eigenvalue weighted by atomic mass is 127. The third-order valence-corrected chi connectivity index (χ3v) is 4.05. The second-order valence-electron chi connectivity index (χ2n) is 4.58. The van der Waals surface area contributed by atoms with Gasteiger partial charge in [-0.3, -0.25) is 10.1 Å². The van der Waals surface area contributed by atoms with Gasteiger partial charge in [0.25, 0.3) is 5.69 Å². The van der Waals surface area contributed by atoms with E-state index in [1.807, 2.05) is 13.0 Å². The fourth-order valence-corrected chi connectivity index (χ4v) is 2.70. The molecule has 110 valence electrons. The van der Waals surface area contributed by atoms with Gasteiger partial charge >= 0.3 is 0 Å². The van der Waals surface area contributed by atoms with Crippen LogP contribution in [0.15, 0.2) is 42.5 Å². The highest BCUT2D eigenvalue weighted by Gasteiger charge is 2.14. The van der Waals surface area contributed by atoms with Crippen molar-refractivity contribution in [1.82, 2.24) is 0 Å². The number of anilines is 1. The van der Waals surface area contributed by atoms with Gasteiger partial charge in [-0.05, 0) is 52.8 Å². The van der Waals surface area contributed by atoms with Crippen LogP contribution in [0.2, 0.25) is 0 Å². The standard InChI is InChI=1S/C15H14FIN2O2/c1-2-14(10-4-3-5-12(8-10)19(20)21)18-15-7-6-11(16)9-13(15)17/h3-9,14,18H,2H2,1H3. The lowest BCUT2D eigenvalue weighted by Gasteiger charge is -2.19. The highest BCUT2D eigenvalue weighted by Crippen LogP contribution is 2.28. The maximum atomic E-state index is 13.1. The molecule has 0 fully saturated rings. The van der Waals surface area contributed by atoms with Gasteiger partial charge in [0, 0.05) is 21.4 Å². The number of nitro groups is 1. The molecule has 1 atom stereocenters. The third kappa shape index (κ3) is 3.90. The van der Waals surface area contributed by atoms with Crippen LogP contribution in [0, 0.1) is 19.5 Å². The molecule has 0 spiro atoms. The summed E-state index contributed by atoms with van der Waals surface area (Å²) in [6.07, 6.45) is 0.759. The number of nitro benzene ring substituents is 1. The van der Waals surface area contributed by atoms with Crippen LogP contribution in [0.25, 0.3) is 0 Å². The lowest BCUT2D eigenvalue weighted by Crippen LogP contribution is -2.11. The Balaban J connectivity index is 2.27. The summed E-state index contributed by atoms with van der Waals surface area (Å²) < 4.78 is 13.9. The Morgan fingerprint density at radius 3 is 2.71 bits per heavy atom. The number of rotatable bonds is 5. The van der Waals surface area contributed by atoms with Gasteiger partial charge in [-0.15, -0.1) is 0 Å². The first kappa shape index (κ1) is 15.7. The second-order valence-corrected chi connectivity index (χ2v) is 5.74. The molecule has 1 unspecified atom stereocenters. The average molecular weight is 400 g/mol. The third-order valence-electron chi connectivity index (χ3n) is 3.15. The smallest absolute Gasteiger partial charge is 0.269 e. The Bertz CT molecular complexity index is 664. The summed E-state index contributed by atoms with van der Waals surface area (Å²) >= 11 is 2.06. The predicted octanol–water partition coefficient (Wildman–Crippen LogP) is 4.90. The minimum Gasteiger partial charge on any atom is -0.377 e. The topological polar surface area (TPSA) is 55.2 Å². The van der Waals surface area contributed by atoms with Gasteiger partial charge in [0.05, 0.1) is 11.0 Å². The average Bonchev–Trinajstić information content (AvgIpc) is 2.46. The summed E-state index contributed by atoms with van der Waals surface area (Å²) in [7, 11) is 0. The number of benzene rings is 2. The molecule has 2 aromatic carbocycles. The quantitative estimate of drug-likeness (QED) is 0.441. The molecule has 2 rings (SSSR count). The van der Waals surface area contributed by atoms with Crippen LogP contribution >= 0.6 is 22.6 Å². The lowest BCUT2D eigenvalue weighted by molar-refractivity contribution is -0.384. The fraction of sp³-hybridized carbons (Fsp3) is 0.200. The molecule has 0 amide bonds. The van der Waals surface area contributed by atoms with Crippen molar-refractivity contribution in [3.8, 4) is 0 Å². The highest BCUT2D eigenvalue weighted by molar-refractivity contribution is 14.1. The van der Waals surface area contributed by atoms with Crippen molar-refractivity contribution < 1.29 is 9.31 Å². The molecule has 0 saturated carbocycles. The number of non-ortho nitro benzene ring substituents is 1. The molecule has 0 saturated heterocycles. The van der Waals surface area contributed by atoms with Crippen LogP contribution in [-0.4, -0.2) is 4.92 Å². The Morgan fingerprint density at radius 2 is 2.10 bits per heavy atom. The van der Waals surface area contributed by atoms with Crippen LogP contribution in [0.4, 0.5) is 15.8 Å². The van der Waals surface area contributed by atoms with Crippen LogP contribution < -0.4 is 5.32 Å². The predicted molar refractivity (Wildman–Crippen MR) is 88.9 cm³/mol. The van der Waals surface area contributed by atoms with Crippen molar-refractivity contribution >= 4 is 34.0 Å². The van der Waals surface area contributed by atoms with E-state index >= 15 is 0 Å². The molecule has 1 N–H and O–H groups in total. The van der Waals surface area contributed by atoms with E-state index in [4.69, 9.17) is 0 Å². The summed E-state index contributed by atoms with van der Waals surface area (Å²) in [6, 6.07) is 11.0. The van der Waals surface area contributed by atoms with Crippen LogP contribution in [0.1, 0.15) is 24.9 Å². The molecule has 21 heavy (non-hydrogen) atoms. The Labute approximate surface area is 135 Å². The Hall–Kier alpha value is -1.70. The van der Waals surface area contributed by atoms with E-state index in [1.54, 1.807) is 18.2 Å². The maximum Gasteiger partial charge on any atom is 0.269 e. The number of nitrogens with one attached hydrogen (secondary N) is 1. The largest absolute Gasteiger partial charge is 0.377 e. The van der Waals surface area contributed by atoms with Crippen LogP contribution in [0.3, 0.4) is 0 Å². The first-order valence-corrected chi connectivity index (χ1v) is 7.55. The van der Waals surface area contributed by atoms with Gasteiger partial charge < -0.3 is 5.32 Å². The van der Waals surface area contributed by atoms with E-state index in [0.717, 1.165) is 21.2 Å². The van der Waals surface area contributed by atoms with Crippen molar-refractivity contribution in [2.24, 2.45) is 0 Å². The Kier molecular flexibility index (Phi) is 5.11. The lowest BCUT2D eigenvalue weighted by atomic mass is 10.0. The maximum absolute atomic E-state index is 13.1.